The zero-order valence-electron chi connectivity index (χ0n) is 13.5. The van der Waals surface area contributed by atoms with Crippen molar-refractivity contribution in [2.45, 2.75) is 32.7 Å². The van der Waals surface area contributed by atoms with Gasteiger partial charge in [-0.1, -0.05) is 11.6 Å². The zero-order valence-corrected chi connectivity index (χ0v) is 15.1. The Balaban J connectivity index is 1.61. The van der Waals surface area contributed by atoms with Crippen LogP contribution in [0, 0.1) is 6.92 Å². The van der Waals surface area contributed by atoms with Gasteiger partial charge in [0.15, 0.2) is 5.11 Å². The van der Waals surface area contributed by atoms with E-state index in [-0.39, 0.29) is 0 Å². The van der Waals surface area contributed by atoms with E-state index in [9.17, 15) is 0 Å². The molecule has 6 nitrogen and oxygen atoms in total. The number of nitrogens with one attached hydrogen (secondary N) is 2. The average molecular weight is 366 g/mol. The van der Waals surface area contributed by atoms with Gasteiger partial charge >= 0.3 is 0 Å². The summed E-state index contributed by atoms with van der Waals surface area (Å²) in [7, 11) is 0. The topological polar surface area (TPSA) is 66.2 Å². The van der Waals surface area contributed by atoms with Crippen molar-refractivity contribution in [1.82, 2.24) is 15.3 Å². The molecule has 1 aliphatic rings. The first kappa shape index (κ1) is 17.0. The monoisotopic (exact) mass is 365 g/mol. The number of hydrogen-bond acceptors (Lipinski definition) is 5. The van der Waals surface area contributed by atoms with E-state index in [2.05, 4.69) is 25.5 Å². The van der Waals surface area contributed by atoms with Crippen molar-refractivity contribution in [2.75, 3.05) is 23.3 Å². The number of hydrogen-bond donors (Lipinski definition) is 2. The smallest absolute Gasteiger partial charge is 0.232 e. The summed E-state index contributed by atoms with van der Waals surface area (Å²) in [6, 6.07) is 5.62. The van der Waals surface area contributed by atoms with Gasteiger partial charge in [0.05, 0.1) is 6.54 Å². The summed E-state index contributed by atoms with van der Waals surface area (Å²) in [6.45, 7) is 4.39. The van der Waals surface area contributed by atoms with Crippen molar-refractivity contribution in [1.29, 1.82) is 0 Å². The van der Waals surface area contributed by atoms with Crippen molar-refractivity contribution in [3.63, 3.8) is 0 Å². The van der Waals surface area contributed by atoms with E-state index in [1.807, 2.05) is 19.1 Å². The van der Waals surface area contributed by atoms with Gasteiger partial charge in [-0.15, -0.1) is 0 Å². The van der Waals surface area contributed by atoms with Crippen molar-refractivity contribution < 1.29 is 4.42 Å². The molecule has 1 saturated heterocycles. The van der Waals surface area contributed by atoms with E-state index in [0.717, 1.165) is 30.4 Å². The predicted molar refractivity (Wildman–Crippen MR) is 99.6 cm³/mol. The number of rotatable bonds is 4. The van der Waals surface area contributed by atoms with Gasteiger partial charge in [-0.2, -0.15) is 4.98 Å². The van der Waals surface area contributed by atoms with Gasteiger partial charge in [-0.25, -0.2) is 4.98 Å². The van der Waals surface area contributed by atoms with Crippen LogP contribution in [0.15, 0.2) is 22.6 Å². The molecule has 0 unspecified atom stereocenters. The average Bonchev–Trinajstić information content (AvgIpc) is 2.99. The van der Waals surface area contributed by atoms with Crippen LogP contribution in [-0.4, -0.2) is 28.2 Å². The normalized spacial score (nSPS) is 14.5. The van der Waals surface area contributed by atoms with Crippen molar-refractivity contribution >= 4 is 40.7 Å². The first-order chi connectivity index (χ1) is 11.6. The van der Waals surface area contributed by atoms with Crippen molar-refractivity contribution in [2.24, 2.45) is 0 Å². The molecule has 2 aromatic heterocycles. The van der Waals surface area contributed by atoms with E-state index in [1.165, 1.54) is 19.3 Å². The van der Waals surface area contributed by atoms with Gasteiger partial charge in [-0.3, -0.25) is 0 Å². The molecule has 1 aliphatic heterocycles. The number of thiocarbonyl (C=S) groups is 1. The molecule has 0 saturated carbocycles. The molecule has 0 radical (unpaired) electrons. The lowest BCUT2D eigenvalue weighted by Crippen LogP contribution is -2.31. The van der Waals surface area contributed by atoms with Crippen LogP contribution in [0.4, 0.5) is 11.8 Å². The highest BCUT2D eigenvalue weighted by atomic mass is 35.5. The highest BCUT2D eigenvalue weighted by molar-refractivity contribution is 7.80. The van der Waals surface area contributed by atoms with E-state index in [0.29, 0.717) is 22.8 Å². The van der Waals surface area contributed by atoms with Crippen LogP contribution in [0.25, 0.3) is 0 Å². The molecule has 0 bridgehead atoms. The molecule has 0 amide bonds. The Kier molecular flexibility index (Phi) is 5.52. The molecule has 24 heavy (non-hydrogen) atoms. The Hall–Kier alpha value is -1.86. The fraction of sp³-hybridized carbons (Fsp3) is 0.438. The molecule has 0 spiro atoms. The molecule has 2 aromatic rings. The lowest BCUT2D eigenvalue weighted by Gasteiger charge is -2.27. The summed E-state index contributed by atoms with van der Waals surface area (Å²) in [6.07, 6.45) is 3.61. The van der Waals surface area contributed by atoms with Crippen LogP contribution in [0.5, 0.6) is 0 Å². The van der Waals surface area contributed by atoms with Crippen molar-refractivity contribution in [3.8, 4) is 0 Å². The first-order valence-electron chi connectivity index (χ1n) is 8.00. The fourth-order valence-electron chi connectivity index (χ4n) is 2.64. The number of halogens is 1. The lowest BCUT2D eigenvalue weighted by atomic mass is 10.1. The summed E-state index contributed by atoms with van der Waals surface area (Å²) >= 11 is 11.4. The second kappa shape index (κ2) is 7.81. The first-order valence-corrected chi connectivity index (χ1v) is 8.78. The number of nitrogens with zero attached hydrogens (tertiary/aromatic N) is 3. The minimum Gasteiger partial charge on any atom is -0.465 e. The molecule has 128 valence electrons. The molecule has 0 atom stereocenters. The molecule has 3 rings (SSSR count). The third kappa shape index (κ3) is 4.58. The van der Waals surface area contributed by atoms with Crippen LogP contribution in [0.3, 0.4) is 0 Å². The Morgan fingerprint density at radius 1 is 1.29 bits per heavy atom. The molecule has 0 aromatic carbocycles. The number of furan rings is 1. The lowest BCUT2D eigenvalue weighted by molar-refractivity contribution is 0.478. The Morgan fingerprint density at radius 3 is 2.79 bits per heavy atom. The maximum Gasteiger partial charge on any atom is 0.232 e. The summed E-state index contributed by atoms with van der Waals surface area (Å²) in [5.74, 6) is 2.92. The Morgan fingerprint density at radius 2 is 2.08 bits per heavy atom. The van der Waals surface area contributed by atoms with Gasteiger partial charge < -0.3 is 20.0 Å². The van der Waals surface area contributed by atoms with Crippen molar-refractivity contribution in [3.05, 3.63) is 34.9 Å². The largest absolute Gasteiger partial charge is 0.465 e. The predicted octanol–water partition coefficient (Wildman–Crippen LogP) is 3.51. The highest BCUT2D eigenvalue weighted by Gasteiger charge is 2.14. The Labute approximate surface area is 151 Å². The SMILES string of the molecule is Cc1ccc(CNC(=S)Nc2nc(Cl)cc(N3CCCCC3)n2)o1. The number of anilines is 2. The van der Waals surface area contributed by atoms with E-state index < -0.39 is 0 Å². The minimum atomic E-state index is 0.399. The second-order valence-electron chi connectivity index (χ2n) is 5.74. The van der Waals surface area contributed by atoms with E-state index in [4.69, 9.17) is 28.2 Å². The highest BCUT2D eigenvalue weighted by Crippen LogP contribution is 2.21. The zero-order chi connectivity index (χ0) is 16.9. The number of aromatic nitrogens is 2. The molecule has 0 aliphatic carbocycles. The third-order valence-electron chi connectivity index (χ3n) is 3.81. The van der Waals surface area contributed by atoms with Gasteiger partial charge in [0.1, 0.15) is 22.5 Å². The molecule has 2 N–H and O–H groups in total. The minimum absolute atomic E-state index is 0.399. The second-order valence-corrected chi connectivity index (χ2v) is 6.54. The van der Waals surface area contributed by atoms with Crippen LogP contribution in [-0.2, 0) is 6.54 Å². The van der Waals surface area contributed by atoms with Crippen LogP contribution in [0.2, 0.25) is 5.15 Å². The van der Waals surface area contributed by atoms with Gasteiger partial charge in [0, 0.05) is 19.2 Å². The van der Waals surface area contributed by atoms with Crippen LogP contribution in [0.1, 0.15) is 30.8 Å². The van der Waals surface area contributed by atoms with Gasteiger partial charge in [-0.05, 0) is 50.5 Å². The van der Waals surface area contributed by atoms with Crippen LogP contribution < -0.4 is 15.5 Å². The van der Waals surface area contributed by atoms with E-state index >= 15 is 0 Å². The van der Waals surface area contributed by atoms with Crippen LogP contribution >= 0.6 is 23.8 Å². The molecular formula is C16H20ClN5OS. The summed E-state index contributed by atoms with van der Waals surface area (Å²) in [5.41, 5.74) is 0. The summed E-state index contributed by atoms with van der Waals surface area (Å²) in [5, 5.41) is 6.88. The standard InChI is InChI=1S/C16H20ClN5OS/c1-11-5-6-12(23-11)10-18-16(24)21-15-19-13(17)9-14(20-15)22-7-3-2-4-8-22/h5-6,9H,2-4,7-8,10H2,1H3,(H2,18,19,20,21,24). The fourth-order valence-corrected chi connectivity index (χ4v) is 2.98. The van der Waals surface area contributed by atoms with E-state index in [1.54, 1.807) is 6.07 Å². The quantitative estimate of drug-likeness (QED) is 0.634. The third-order valence-corrected chi connectivity index (χ3v) is 4.25. The molecule has 8 heteroatoms. The molecule has 3 heterocycles. The molecular weight excluding hydrogens is 346 g/mol. The number of piperidine rings is 1. The maximum atomic E-state index is 6.13. The summed E-state index contributed by atoms with van der Waals surface area (Å²) < 4.78 is 5.49. The number of aryl methyl sites for hydroxylation is 1. The molecule has 1 fully saturated rings. The van der Waals surface area contributed by atoms with Gasteiger partial charge in [0.25, 0.3) is 0 Å². The summed E-state index contributed by atoms with van der Waals surface area (Å²) in [4.78, 5) is 10.9. The maximum absolute atomic E-state index is 6.13. The van der Waals surface area contributed by atoms with Gasteiger partial charge in [0.2, 0.25) is 5.95 Å². The Bertz CT molecular complexity index is 714.